The normalized spacial score (nSPS) is 25.1. The van der Waals surface area contributed by atoms with Crippen LogP contribution in [0, 0.1) is 0 Å². The predicted octanol–water partition coefficient (Wildman–Crippen LogP) is 0.376. The molecule has 0 aromatic heterocycles. The van der Waals surface area contributed by atoms with Gasteiger partial charge in [-0.05, 0) is 12.1 Å². The number of hydrazine groups is 1. The molecule has 2 rings (SSSR count). The Hall–Kier alpha value is -1.59. The van der Waals surface area contributed by atoms with Crippen LogP contribution in [0.1, 0.15) is 6.42 Å². The van der Waals surface area contributed by atoms with Crippen molar-refractivity contribution >= 4 is 11.7 Å². The molecule has 1 saturated heterocycles. The van der Waals surface area contributed by atoms with Crippen molar-refractivity contribution in [2.45, 2.75) is 18.6 Å². The molecule has 1 aromatic rings. The lowest BCUT2D eigenvalue weighted by atomic mass is 10.2. The van der Waals surface area contributed by atoms with Gasteiger partial charge in [0, 0.05) is 12.1 Å². The van der Waals surface area contributed by atoms with Gasteiger partial charge in [-0.25, -0.2) is 10.9 Å². The van der Waals surface area contributed by atoms with Crippen molar-refractivity contribution in [2.24, 2.45) is 0 Å². The zero-order valence-corrected chi connectivity index (χ0v) is 8.10. The minimum Gasteiger partial charge on any atom is -0.480 e. The first-order chi connectivity index (χ1) is 7.25. The molecule has 5 heteroatoms. The third-order valence-electron chi connectivity index (χ3n) is 2.32. The maximum absolute atomic E-state index is 10.7. The van der Waals surface area contributed by atoms with Gasteiger partial charge >= 0.3 is 5.97 Å². The Morgan fingerprint density at radius 3 is 2.67 bits per heavy atom. The highest BCUT2D eigenvalue weighted by atomic mass is 16.4. The van der Waals surface area contributed by atoms with Crippen LogP contribution < -0.4 is 16.2 Å². The van der Waals surface area contributed by atoms with E-state index >= 15 is 0 Å². The molecule has 2 unspecified atom stereocenters. The van der Waals surface area contributed by atoms with E-state index in [1.165, 1.54) is 0 Å². The van der Waals surface area contributed by atoms with Crippen molar-refractivity contribution in [2.75, 3.05) is 5.32 Å². The molecule has 80 valence electrons. The predicted molar refractivity (Wildman–Crippen MR) is 56.2 cm³/mol. The first kappa shape index (κ1) is 9.95. The fourth-order valence-electron chi connectivity index (χ4n) is 1.55. The van der Waals surface area contributed by atoms with Gasteiger partial charge in [0.15, 0.2) is 0 Å². The van der Waals surface area contributed by atoms with Gasteiger partial charge < -0.3 is 10.4 Å². The van der Waals surface area contributed by atoms with Gasteiger partial charge in [-0.3, -0.25) is 4.79 Å². The maximum atomic E-state index is 10.7. The number of carbonyl (C=O) groups is 1. The molecule has 1 aromatic carbocycles. The third kappa shape index (κ3) is 2.45. The van der Waals surface area contributed by atoms with E-state index < -0.39 is 12.0 Å². The summed E-state index contributed by atoms with van der Waals surface area (Å²) in [5.74, 6) is -0.833. The zero-order chi connectivity index (χ0) is 10.7. The monoisotopic (exact) mass is 207 g/mol. The number of carboxylic acid groups (broad SMARTS) is 1. The number of carboxylic acids is 1. The van der Waals surface area contributed by atoms with E-state index in [0.29, 0.717) is 6.42 Å². The molecule has 0 bridgehead atoms. The fraction of sp³-hybridized carbons (Fsp3) is 0.300. The molecule has 0 radical (unpaired) electrons. The molecule has 1 fully saturated rings. The molecule has 1 heterocycles. The van der Waals surface area contributed by atoms with Crippen LogP contribution in [-0.4, -0.2) is 23.3 Å². The molecule has 0 aliphatic carbocycles. The molecule has 0 amide bonds. The summed E-state index contributed by atoms with van der Waals surface area (Å²) in [4.78, 5) is 10.7. The molecule has 2 atom stereocenters. The number of aliphatic carboxylic acids is 1. The summed E-state index contributed by atoms with van der Waals surface area (Å²) in [6.07, 6.45) is 0.470. The van der Waals surface area contributed by atoms with Crippen LogP contribution in [0.25, 0.3) is 0 Å². The van der Waals surface area contributed by atoms with Crippen LogP contribution in [0.5, 0.6) is 0 Å². The topological polar surface area (TPSA) is 73.4 Å². The van der Waals surface area contributed by atoms with Crippen LogP contribution in [0.3, 0.4) is 0 Å². The first-order valence-electron chi connectivity index (χ1n) is 4.81. The van der Waals surface area contributed by atoms with Crippen molar-refractivity contribution in [1.29, 1.82) is 0 Å². The Morgan fingerprint density at radius 2 is 2.07 bits per heavy atom. The second kappa shape index (κ2) is 4.29. The largest absolute Gasteiger partial charge is 0.480 e. The molecule has 15 heavy (non-hydrogen) atoms. The molecule has 5 nitrogen and oxygen atoms in total. The lowest BCUT2D eigenvalue weighted by Crippen LogP contribution is -2.39. The van der Waals surface area contributed by atoms with E-state index in [9.17, 15) is 4.79 Å². The second-order valence-electron chi connectivity index (χ2n) is 3.48. The third-order valence-corrected chi connectivity index (χ3v) is 2.32. The summed E-state index contributed by atoms with van der Waals surface area (Å²) in [6.45, 7) is 0. The average molecular weight is 207 g/mol. The van der Waals surface area contributed by atoms with Crippen molar-refractivity contribution in [3.63, 3.8) is 0 Å². The number of nitrogens with one attached hydrogen (secondary N) is 3. The van der Waals surface area contributed by atoms with Gasteiger partial charge in [-0.15, -0.1) is 0 Å². The summed E-state index contributed by atoms with van der Waals surface area (Å²) in [6, 6.07) is 9.15. The Labute approximate surface area is 87.5 Å². The molecular weight excluding hydrogens is 194 g/mol. The van der Waals surface area contributed by atoms with Gasteiger partial charge in [0.1, 0.15) is 6.04 Å². The number of para-hydroxylation sites is 1. The van der Waals surface area contributed by atoms with Crippen LogP contribution in [0.2, 0.25) is 0 Å². The van der Waals surface area contributed by atoms with Crippen LogP contribution in [0.4, 0.5) is 5.69 Å². The van der Waals surface area contributed by atoms with Crippen LogP contribution in [-0.2, 0) is 4.79 Å². The lowest BCUT2D eigenvalue weighted by Gasteiger charge is -2.12. The first-order valence-corrected chi connectivity index (χ1v) is 4.81. The minimum absolute atomic E-state index is 0.0477. The molecule has 0 saturated carbocycles. The van der Waals surface area contributed by atoms with E-state index in [2.05, 4.69) is 16.2 Å². The van der Waals surface area contributed by atoms with Gasteiger partial charge in [0.25, 0.3) is 0 Å². The molecule has 1 aliphatic rings. The number of rotatable bonds is 3. The van der Waals surface area contributed by atoms with Gasteiger partial charge in [0.05, 0.1) is 6.17 Å². The number of benzene rings is 1. The van der Waals surface area contributed by atoms with Crippen molar-refractivity contribution < 1.29 is 9.90 Å². The smallest absolute Gasteiger partial charge is 0.322 e. The Bertz CT molecular complexity index is 342. The standard InChI is InChI=1S/C10H13N3O2/c14-10(15)8-6-9(13-12-8)11-7-4-2-1-3-5-7/h1-5,8-9,11-13H,6H2,(H,14,15). The highest BCUT2D eigenvalue weighted by Gasteiger charge is 2.28. The molecule has 1 aliphatic heterocycles. The van der Waals surface area contributed by atoms with E-state index in [1.807, 2.05) is 30.3 Å². The van der Waals surface area contributed by atoms with Crippen molar-refractivity contribution in [3.05, 3.63) is 30.3 Å². The highest BCUT2D eigenvalue weighted by Crippen LogP contribution is 2.11. The van der Waals surface area contributed by atoms with Gasteiger partial charge in [-0.2, -0.15) is 0 Å². The minimum atomic E-state index is -0.833. The van der Waals surface area contributed by atoms with Gasteiger partial charge in [0.2, 0.25) is 0 Å². The van der Waals surface area contributed by atoms with E-state index in [-0.39, 0.29) is 6.17 Å². The molecular formula is C10H13N3O2. The molecule has 4 N–H and O–H groups in total. The number of anilines is 1. The number of hydrogen-bond donors (Lipinski definition) is 4. The second-order valence-corrected chi connectivity index (χ2v) is 3.48. The summed E-state index contributed by atoms with van der Waals surface area (Å²) >= 11 is 0. The summed E-state index contributed by atoms with van der Waals surface area (Å²) < 4.78 is 0. The Balaban J connectivity index is 1.90. The van der Waals surface area contributed by atoms with Crippen LogP contribution in [0.15, 0.2) is 30.3 Å². The zero-order valence-electron chi connectivity index (χ0n) is 8.10. The van der Waals surface area contributed by atoms with Gasteiger partial charge in [-0.1, -0.05) is 18.2 Å². The number of hydrogen-bond acceptors (Lipinski definition) is 4. The SMILES string of the molecule is O=C(O)C1CC(Nc2ccccc2)NN1. The van der Waals surface area contributed by atoms with E-state index in [0.717, 1.165) is 5.69 Å². The Kier molecular flexibility index (Phi) is 2.84. The van der Waals surface area contributed by atoms with Crippen molar-refractivity contribution in [3.8, 4) is 0 Å². The summed E-state index contributed by atoms with van der Waals surface area (Å²) in [5, 5.41) is 12.0. The quantitative estimate of drug-likeness (QED) is 0.576. The molecule has 0 spiro atoms. The average Bonchev–Trinajstić information content (AvgIpc) is 2.68. The van der Waals surface area contributed by atoms with Crippen LogP contribution >= 0.6 is 0 Å². The summed E-state index contributed by atoms with van der Waals surface area (Å²) in [5.41, 5.74) is 6.58. The van der Waals surface area contributed by atoms with E-state index in [4.69, 9.17) is 5.11 Å². The maximum Gasteiger partial charge on any atom is 0.322 e. The Morgan fingerprint density at radius 1 is 1.33 bits per heavy atom. The highest BCUT2D eigenvalue weighted by molar-refractivity contribution is 5.73. The lowest BCUT2D eigenvalue weighted by molar-refractivity contribution is -0.139. The van der Waals surface area contributed by atoms with Crippen molar-refractivity contribution in [1.82, 2.24) is 10.9 Å². The van der Waals surface area contributed by atoms with E-state index in [1.54, 1.807) is 0 Å². The summed E-state index contributed by atoms with van der Waals surface area (Å²) in [7, 11) is 0. The fourth-order valence-corrected chi connectivity index (χ4v) is 1.55.